The molecule has 6 nitrogen and oxygen atoms in total. The molecule has 0 spiro atoms. The Kier molecular flexibility index (Phi) is 7.20. The number of anilines is 1. The number of aryl methyl sites for hydroxylation is 1. The van der Waals surface area contributed by atoms with Crippen molar-refractivity contribution < 1.29 is 13.2 Å². The molecule has 1 aromatic carbocycles. The van der Waals surface area contributed by atoms with Crippen molar-refractivity contribution >= 4 is 21.6 Å². The van der Waals surface area contributed by atoms with E-state index in [0.29, 0.717) is 24.3 Å². The lowest BCUT2D eigenvalue weighted by atomic mass is 9.99. The van der Waals surface area contributed by atoms with Crippen LogP contribution in [0.5, 0.6) is 0 Å². The van der Waals surface area contributed by atoms with E-state index in [2.05, 4.69) is 5.32 Å². The van der Waals surface area contributed by atoms with Gasteiger partial charge in [-0.1, -0.05) is 39.2 Å². The predicted octanol–water partition coefficient (Wildman–Crippen LogP) is 2.87. The Bertz CT molecular complexity index is 726. The predicted molar refractivity (Wildman–Crippen MR) is 104 cm³/mol. The SMILES string of the molecule is CCC(C)C(N)C(=O)Nc1ccc(C)c(S(=O)(=O)N2CCCCCC2)c1. The molecule has 1 heterocycles. The molecule has 1 saturated heterocycles. The number of benzene rings is 1. The summed E-state index contributed by atoms with van der Waals surface area (Å²) in [6.45, 7) is 6.79. The Morgan fingerprint density at radius 2 is 1.85 bits per heavy atom. The monoisotopic (exact) mass is 381 g/mol. The van der Waals surface area contributed by atoms with Crippen LogP contribution in [0.1, 0.15) is 51.5 Å². The van der Waals surface area contributed by atoms with Gasteiger partial charge in [0, 0.05) is 18.8 Å². The van der Waals surface area contributed by atoms with Crippen LogP contribution in [-0.4, -0.2) is 37.8 Å². The number of nitrogens with one attached hydrogen (secondary N) is 1. The Morgan fingerprint density at radius 1 is 1.23 bits per heavy atom. The van der Waals surface area contributed by atoms with Crippen molar-refractivity contribution in [1.82, 2.24) is 4.31 Å². The normalized spacial score (nSPS) is 18.8. The molecule has 1 amide bonds. The third-order valence-electron chi connectivity index (χ3n) is 5.20. The Hall–Kier alpha value is -1.44. The van der Waals surface area contributed by atoms with Crippen molar-refractivity contribution in [2.45, 2.75) is 63.8 Å². The fraction of sp³-hybridized carbons (Fsp3) is 0.632. The minimum absolute atomic E-state index is 0.0563. The summed E-state index contributed by atoms with van der Waals surface area (Å²) >= 11 is 0. The smallest absolute Gasteiger partial charge is 0.243 e. The number of hydrogen-bond acceptors (Lipinski definition) is 4. The van der Waals surface area contributed by atoms with Gasteiger partial charge in [0.05, 0.1) is 10.9 Å². The van der Waals surface area contributed by atoms with E-state index in [1.54, 1.807) is 29.4 Å². The topological polar surface area (TPSA) is 92.5 Å². The zero-order valence-corrected chi connectivity index (χ0v) is 16.8. The summed E-state index contributed by atoms with van der Waals surface area (Å²) < 4.78 is 27.7. The maximum Gasteiger partial charge on any atom is 0.243 e. The summed E-state index contributed by atoms with van der Waals surface area (Å²) in [6.07, 6.45) is 4.71. The second-order valence-electron chi connectivity index (χ2n) is 7.20. The van der Waals surface area contributed by atoms with Crippen molar-refractivity contribution in [3.63, 3.8) is 0 Å². The first-order valence-corrected chi connectivity index (χ1v) is 10.9. The van der Waals surface area contributed by atoms with Crippen LogP contribution < -0.4 is 11.1 Å². The fourth-order valence-electron chi connectivity index (χ4n) is 3.11. The van der Waals surface area contributed by atoms with Crippen LogP contribution in [0.15, 0.2) is 23.1 Å². The highest BCUT2D eigenvalue weighted by atomic mass is 32.2. The van der Waals surface area contributed by atoms with Crippen LogP contribution in [0.25, 0.3) is 0 Å². The molecule has 146 valence electrons. The molecule has 1 aromatic rings. The zero-order chi connectivity index (χ0) is 19.3. The molecule has 1 aliphatic heterocycles. The van der Waals surface area contributed by atoms with Crippen molar-refractivity contribution in [3.05, 3.63) is 23.8 Å². The van der Waals surface area contributed by atoms with Crippen molar-refractivity contribution in [2.75, 3.05) is 18.4 Å². The molecule has 0 aliphatic carbocycles. The van der Waals surface area contributed by atoms with E-state index in [9.17, 15) is 13.2 Å². The highest BCUT2D eigenvalue weighted by Gasteiger charge is 2.27. The highest BCUT2D eigenvalue weighted by molar-refractivity contribution is 7.89. The van der Waals surface area contributed by atoms with Crippen LogP contribution in [0.2, 0.25) is 0 Å². The molecular weight excluding hydrogens is 350 g/mol. The molecule has 3 N–H and O–H groups in total. The first-order valence-electron chi connectivity index (χ1n) is 9.44. The fourth-order valence-corrected chi connectivity index (χ4v) is 4.88. The van der Waals surface area contributed by atoms with Gasteiger partial charge >= 0.3 is 0 Å². The van der Waals surface area contributed by atoms with Crippen LogP contribution in [0.4, 0.5) is 5.69 Å². The lowest BCUT2D eigenvalue weighted by molar-refractivity contribution is -0.118. The third-order valence-corrected chi connectivity index (χ3v) is 7.24. The molecule has 0 aromatic heterocycles. The standard InChI is InChI=1S/C19H31N3O3S/c1-4-14(2)18(20)19(23)21-16-10-9-15(3)17(13-16)26(24,25)22-11-7-5-6-8-12-22/h9-10,13-14,18H,4-8,11-12,20H2,1-3H3,(H,21,23). The van der Waals surface area contributed by atoms with E-state index in [1.165, 1.54) is 0 Å². The van der Waals surface area contributed by atoms with Crippen molar-refractivity contribution in [3.8, 4) is 0 Å². The number of hydrogen-bond donors (Lipinski definition) is 2. The molecule has 26 heavy (non-hydrogen) atoms. The van der Waals surface area contributed by atoms with Gasteiger partial charge in [-0.05, 0) is 43.4 Å². The van der Waals surface area contributed by atoms with Gasteiger partial charge in [0.1, 0.15) is 0 Å². The van der Waals surface area contributed by atoms with Crippen LogP contribution in [0.3, 0.4) is 0 Å². The van der Waals surface area contributed by atoms with E-state index in [0.717, 1.165) is 32.1 Å². The minimum Gasteiger partial charge on any atom is -0.325 e. The van der Waals surface area contributed by atoms with Crippen LogP contribution in [0, 0.1) is 12.8 Å². The lowest BCUT2D eigenvalue weighted by Gasteiger charge is -2.22. The van der Waals surface area contributed by atoms with Gasteiger partial charge in [-0.2, -0.15) is 4.31 Å². The quantitative estimate of drug-likeness (QED) is 0.792. The maximum absolute atomic E-state index is 13.1. The zero-order valence-electron chi connectivity index (χ0n) is 16.0. The first kappa shape index (κ1) is 20.9. The third kappa shape index (κ3) is 4.84. The Balaban J connectivity index is 2.25. The van der Waals surface area contributed by atoms with Gasteiger partial charge in [0.15, 0.2) is 0 Å². The number of carbonyl (C=O) groups is 1. The second kappa shape index (κ2) is 8.97. The Labute approximate surface area is 157 Å². The van der Waals surface area contributed by atoms with E-state index < -0.39 is 16.1 Å². The van der Waals surface area contributed by atoms with Crippen LogP contribution >= 0.6 is 0 Å². The Morgan fingerprint density at radius 3 is 2.42 bits per heavy atom. The number of rotatable bonds is 6. The van der Waals surface area contributed by atoms with Crippen molar-refractivity contribution in [2.24, 2.45) is 11.7 Å². The molecule has 0 radical (unpaired) electrons. The number of sulfonamides is 1. The van der Waals surface area contributed by atoms with Crippen LogP contribution in [-0.2, 0) is 14.8 Å². The molecule has 1 aliphatic rings. The highest BCUT2D eigenvalue weighted by Crippen LogP contribution is 2.26. The summed E-state index contributed by atoms with van der Waals surface area (Å²) in [4.78, 5) is 12.6. The molecule has 2 atom stereocenters. The first-order chi connectivity index (χ1) is 12.3. The van der Waals surface area contributed by atoms with E-state index in [1.807, 2.05) is 13.8 Å². The molecule has 0 saturated carbocycles. The maximum atomic E-state index is 13.1. The average molecular weight is 382 g/mol. The minimum atomic E-state index is -3.56. The average Bonchev–Trinajstić information content (AvgIpc) is 2.91. The summed E-state index contributed by atoms with van der Waals surface area (Å²) in [5.74, 6) is -0.234. The molecular formula is C19H31N3O3S. The summed E-state index contributed by atoms with van der Waals surface area (Å²) in [5.41, 5.74) is 7.11. The molecule has 0 bridgehead atoms. The van der Waals surface area contributed by atoms with Gasteiger partial charge < -0.3 is 11.1 Å². The molecule has 2 rings (SSSR count). The molecule has 2 unspecified atom stereocenters. The van der Waals surface area contributed by atoms with E-state index in [-0.39, 0.29) is 16.7 Å². The number of amides is 1. The second-order valence-corrected chi connectivity index (χ2v) is 9.11. The summed E-state index contributed by atoms with van der Waals surface area (Å²) in [7, 11) is -3.56. The number of carbonyl (C=O) groups excluding carboxylic acids is 1. The van der Waals surface area contributed by atoms with Gasteiger partial charge in [0.2, 0.25) is 15.9 Å². The van der Waals surface area contributed by atoms with E-state index >= 15 is 0 Å². The number of nitrogens with zero attached hydrogens (tertiary/aromatic N) is 1. The van der Waals surface area contributed by atoms with Gasteiger partial charge in [-0.25, -0.2) is 8.42 Å². The van der Waals surface area contributed by atoms with Gasteiger partial charge in [-0.3, -0.25) is 4.79 Å². The summed E-state index contributed by atoms with van der Waals surface area (Å²) in [6, 6.07) is 4.39. The van der Waals surface area contributed by atoms with E-state index in [4.69, 9.17) is 5.73 Å². The van der Waals surface area contributed by atoms with Gasteiger partial charge in [0.25, 0.3) is 0 Å². The summed E-state index contributed by atoms with van der Waals surface area (Å²) in [5, 5.41) is 2.76. The molecule has 7 heteroatoms. The van der Waals surface area contributed by atoms with Crippen molar-refractivity contribution in [1.29, 1.82) is 0 Å². The number of nitrogens with two attached hydrogens (primary N) is 1. The lowest BCUT2D eigenvalue weighted by Crippen LogP contribution is -2.40. The van der Waals surface area contributed by atoms with Gasteiger partial charge in [-0.15, -0.1) is 0 Å². The largest absolute Gasteiger partial charge is 0.325 e. The molecule has 1 fully saturated rings.